The molecule has 0 saturated carbocycles. The van der Waals surface area contributed by atoms with Crippen LogP contribution in [-0.4, -0.2) is 36.5 Å². The summed E-state index contributed by atoms with van der Waals surface area (Å²) >= 11 is 0. The minimum Gasteiger partial charge on any atom is -0.351 e. The van der Waals surface area contributed by atoms with Gasteiger partial charge in [0.1, 0.15) is 0 Å². The molecule has 124 valence electrons. The monoisotopic (exact) mass is 416 g/mol. The largest absolute Gasteiger partial charge is 0.351 e. The maximum Gasteiger partial charge on any atom is 0.193 e. The predicted octanol–water partition coefficient (Wildman–Crippen LogP) is 3.76. The van der Waals surface area contributed by atoms with E-state index in [1.165, 1.54) is 19.3 Å². The van der Waals surface area contributed by atoms with Crippen molar-refractivity contribution in [2.24, 2.45) is 4.99 Å². The summed E-state index contributed by atoms with van der Waals surface area (Å²) in [5.41, 5.74) is 2.08. The van der Waals surface area contributed by atoms with Crippen LogP contribution in [0.25, 0.3) is 0 Å². The van der Waals surface area contributed by atoms with Crippen molar-refractivity contribution in [2.45, 2.75) is 39.2 Å². The summed E-state index contributed by atoms with van der Waals surface area (Å²) < 4.78 is 0. The van der Waals surface area contributed by atoms with Crippen LogP contribution < -0.4 is 5.32 Å². The van der Waals surface area contributed by atoms with Crippen molar-refractivity contribution in [3.8, 4) is 0 Å². The fourth-order valence-corrected chi connectivity index (χ4v) is 2.17. The molecule has 0 unspecified atom stereocenters. The van der Waals surface area contributed by atoms with Gasteiger partial charge in [0, 0.05) is 26.3 Å². The van der Waals surface area contributed by atoms with Gasteiger partial charge >= 0.3 is 0 Å². The maximum atomic E-state index is 4.49. The number of halogens is 1. The normalized spacial score (nSPS) is 10.8. The average molecular weight is 416 g/mol. The zero-order valence-corrected chi connectivity index (χ0v) is 16.3. The van der Waals surface area contributed by atoms with E-state index < -0.39 is 0 Å². The predicted molar refractivity (Wildman–Crippen MR) is 106 cm³/mol. The number of aromatic nitrogens is 1. The van der Waals surface area contributed by atoms with Crippen LogP contribution in [0.3, 0.4) is 0 Å². The van der Waals surface area contributed by atoms with Gasteiger partial charge in [0.2, 0.25) is 0 Å². The quantitative estimate of drug-likeness (QED) is 0.231. The standard InChI is InChI=1S/C17H28N4.HI/c1-5-6-7-8-9-13-21(4)17(18-3)19-14-16-12-10-11-15(2)20-16;/h5,10-12H,1,6-9,13-14H2,2-4H3,(H,18,19);1H. The molecule has 1 aromatic heterocycles. The van der Waals surface area contributed by atoms with Crippen LogP contribution in [0, 0.1) is 6.92 Å². The van der Waals surface area contributed by atoms with Crippen molar-refractivity contribution >= 4 is 29.9 Å². The van der Waals surface area contributed by atoms with E-state index in [9.17, 15) is 0 Å². The molecule has 0 saturated heterocycles. The van der Waals surface area contributed by atoms with Crippen LogP contribution in [-0.2, 0) is 6.54 Å². The fourth-order valence-electron chi connectivity index (χ4n) is 2.17. The molecule has 0 fully saturated rings. The van der Waals surface area contributed by atoms with Crippen LogP contribution in [0.4, 0.5) is 0 Å². The van der Waals surface area contributed by atoms with Crippen molar-refractivity contribution < 1.29 is 0 Å². The smallest absolute Gasteiger partial charge is 0.193 e. The molecule has 0 spiro atoms. The molecular formula is C17H29IN4. The van der Waals surface area contributed by atoms with Gasteiger partial charge in [-0.2, -0.15) is 0 Å². The number of aryl methyl sites for hydroxylation is 1. The number of nitrogens with zero attached hydrogens (tertiary/aromatic N) is 3. The number of unbranched alkanes of at least 4 members (excludes halogenated alkanes) is 3. The lowest BCUT2D eigenvalue weighted by Crippen LogP contribution is -2.39. The maximum absolute atomic E-state index is 4.49. The van der Waals surface area contributed by atoms with Gasteiger partial charge in [0.05, 0.1) is 12.2 Å². The second kappa shape index (κ2) is 12.4. The van der Waals surface area contributed by atoms with Crippen LogP contribution in [0.5, 0.6) is 0 Å². The summed E-state index contributed by atoms with van der Waals surface area (Å²) in [6.45, 7) is 7.47. The lowest BCUT2D eigenvalue weighted by atomic mass is 10.2. The van der Waals surface area contributed by atoms with E-state index in [4.69, 9.17) is 0 Å². The van der Waals surface area contributed by atoms with E-state index in [0.717, 1.165) is 30.3 Å². The summed E-state index contributed by atoms with van der Waals surface area (Å²) in [5, 5.41) is 3.36. The van der Waals surface area contributed by atoms with E-state index in [2.05, 4.69) is 33.8 Å². The minimum absolute atomic E-state index is 0. The second-order valence-corrected chi connectivity index (χ2v) is 5.23. The molecule has 1 aromatic rings. The Morgan fingerprint density at radius 1 is 1.36 bits per heavy atom. The summed E-state index contributed by atoms with van der Waals surface area (Å²) in [5.74, 6) is 0.919. The van der Waals surface area contributed by atoms with E-state index in [1.54, 1.807) is 0 Å². The van der Waals surface area contributed by atoms with Crippen LogP contribution in [0.2, 0.25) is 0 Å². The van der Waals surface area contributed by atoms with Crippen LogP contribution in [0.1, 0.15) is 37.1 Å². The Hall–Kier alpha value is -1.11. The number of hydrogen-bond donors (Lipinski definition) is 1. The summed E-state index contributed by atoms with van der Waals surface area (Å²) in [6, 6.07) is 6.07. The summed E-state index contributed by atoms with van der Waals surface area (Å²) in [6.07, 6.45) is 6.71. The van der Waals surface area contributed by atoms with E-state index in [0.29, 0.717) is 6.54 Å². The summed E-state index contributed by atoms with van der Waals surface area (Å²) in [4.78, 5) is 11.0. The number of nitrogens with one attached hydrogen (secondary N) is 1. The molecule has 0 aliphatic heterocycles. The number of pyridine rings is 1. The van der Waals surface area contributed by atoms with Gasteiger partial charge in [-0.1, -0.05) is 18.6 Å². The Morgan fingerprint density at radius 3 is 2.77 bits per heavy atom. The van der Waals surface area contributed by atoms with Gasteiger partial charge in [-0.15, -0.1) is 30.6 Å². The Bertz CT molecular complexity index is 460. The lowest BCUT2D eigenvalue weighted by molar-refractivity contribution is 0.454. The number of rotatable bonds is 8. The number of allylic oxidation sites excluding steroid dienone is 1. The Labute approximate surface area is 152 Å². The molecule has 1 rings (SSSR count). The average Bonchev–Trinajstić information content (AvgIpc) is 2.48. The third kappa shape index (κ3) is 8.36. The third-order valence-electron chi connectivity index (χ3n) is 3.35. The molecule has 1 heterocycles. The number of aliphatic imine (C=N–C) groups is 1. The number of guanidine groups is 1. The highest BCUT2D eigenvalue weighted by atomic mass is 127. The summed E-state index contributed by atoms with van der Waals surface area (Å²) in [7, 11) is 3.90. The van der Waals surface area contributed by atoms with E-state index in [1.807, 2.05) is 38.2 Å². The van der Waals surface area contributed by atoms with Gasteiger partial charge in [-0.3, -0.25) is 9.98 Å². The SMILES string of the molecule is C=CCCCCCN(C)C(=NC)NCc1cccc(C)n1.I. The highest BCUT2D eigenvalue weighted by Gasteiger charge is 2.05. The fraction of sp³-hybridized carbons (Fsp3) is 0.529. The molecule has 0 atom stereocenters. The topological polar surface area (TPSA) is 40.5 Å². The molecule has 5 heteroatoms. The molecule has 0 aromatic carbocycles. The Kier molecular flexibility index (Phi) is 11.8. The first-order valence-electron chi connectivity index (χ1n) is 7.62. The molecule has 0 aliphatic carbocycles. The van der Waals surface area contributed by atoms with Gasteiger partial charge < -0.3 is 10.2 Å². The van der Waals surface area contributed by atoms with Crippen molar-refractivity contribution in [1.29, 1.82) is 0 Å². The highest BCUT2D eigenvalue weighted by molar-refractivity contribution is 14.0. The molecule has 0 aliphatic rings. The van der Waals surface area contributed by atoms with Crippen LogP contribution in [0.15, 0.2) is 35.8 Å². The number of hydrogen-bond acceptors (Lipinski definition) is 2. The highest BCUT2D eigenvalue weighted by Crippen LogP contribution is 2.02. The van der Waals surface area contributed by atoms with Crippen molar-refractivity contribution in [3.05, 3.63) is 42.2 Å². The van der Waals surface area contributed by atoms with Gasteiger partial charge in [-0.05, 0) is 38.3 Å². The van der Waals surface area contributed by atoms with E-state index >= 15 is 0 Å². The third-order valence-corrected chi connectivity index (χ3v) is 3.35. The van der Waals surface area contributed by atoms with Crippen molar-refractivity contribution in [3.63, 3.8) is 0 Å². The zero-order chi connectivity index (χ0) is 15.5. The van der Waals surface area contributed by atoms with Gasteiger partial charge in [-0.25, -0.2) is 0 Å². The molecule has 0 bridgehead atoms. The molecule has 0 amide bonds. The minimum atomic E-state index is 0. The first-order valence-corrected chi connectivity index (χ1v) is 7.62. The molecule has 1 N–H and O–H groups in total. The zero-order valence-electron chi connectivity index (χ0n) is 14.0. The van der Waals surface area contributed by atoms with Crippen molar-refractivity contribution in [1.82, 2.24) is 15.2 Å². The Balaban J connectivity index is 0.00000441. The van der Waals surface area contributed by atoms with Gasteiger partial charge in [0.15, 0.2) is 5.96 Å². The van der Waals surface area contributed by atoms with E-state index in [-0.39, 0.29) is 24.0 Å². The van der Waals surface area contributed by atoms with Gasteiger partial charge in [0.25, 0.3) is 0 Å². The molecule has 4 nitrogen and oxygen atoms in total. The first-order chi connectivity index (χ1) is 10.2. The van der Waals surface area contributed by atoms with Crippen molar-refractivity contribution in [2.75, 3.05) is 20.6 Å². The molecular weight excluding hydrogens is 387 g/mol. The molecule has 22 heavy (non-hydrogen) atoms. The second-order valence-electron chi connectivity index (χ2n) is 5.23. The lowest BCUT2D eigenvalue weighted by Gasteiger charge is -2.22. The first kappa shape index (κ1) is 20.9. The van der Waals surface area contributed by atoms with Crippen LogP contribution >= 0.6 is 24.0 Å². The Morgan fingerprint density at radius 2 is 2.14 bits per heavy atom. The molecule has 0 radical (unpaired) electrons.